The minimum atomic E-state index is -0.263. The highest BCUT2D eigenvalue weighted by molar-refractivity contribution is 5.99. The van der Waals surface area contributed by atoms with Gasteiger partial charge in [-0.25, -0.2) is 14.6 Å². The predicted octanol–water partition coefficient (Wildman–Crippen LogP) is 5.43. The molecule has 0 aliphatic carbocycles. The molecule has 0 spiro atoms. The molecule has 4 aromatic rings. The molecule has 11 nitrogen and oxygen atoms in total. The van der Waals surface area contributed by atoms with Gasteiger partial charge in [0.05, 0.1) is 13.2 Å². The number of carbonyl (C=O) groups excluding carboxylic acids is 2. The van der Waals surface area contributed by atoms with E-state index in [1.165, 1.54) is 5.57 Å². The van der Waals surface area contributed by atoms with E-state index in [9.17, 15) is 9.59 Å². The van der Waals surface area contributed by atoms with Crippen molar-refractivity contribution in [1.82, 2.24) is 34.9 Å². The predicted molar refractivity (Wildman–Crippen MR) is 170 cm³/mol. The third-order valence-electron chi connectivity index (χ3n) is 7.66. The summed E-state index contributed by atoms with van der Waals surface area (Å²) in [5.74, 6) is 0. The van der Waals surface area contributed by atoms with Gasteiger partial charge in [-0.05, 0) is 48.7 Å². The van der Waals surface area contributed by atoms with Crippen LogP contribution in [-0.4, -0.2) is 88.1 Å². The minimum absolute atomic E-state index is 0.0853. The summed E-state index contributed by atoms with van der Waals surface area (Å²) in [5.41, 5.74) is 7.59. The third-order valence-corrected chi connectivity index (χ3v) is 7.66. The number of rotatable bonds is 5. The number of nitrogens with zero attached hydrogens (tertiary/aromatic N) is 5. The number of nitrogens with one attached hydrogen (secondary N) is 3. The summed E-state index contributed by atoms with van der Waals surface area (Å²) in [5, 5.41) is 11.2. The minimum Gasteiger partial charge on any atom is -0.378 e. The number of benzene rings is 1. The van der Waals surface area contributed by atoms with Crippen LogP contribution in [0.4, 0.5) is 15.3 Å². The first-order valence-electron chi connectivity index (χ1n) is 15.0. The van der Waals surface area contributed by atoms with Gasteiger partial charge in [0.2, 0.25) is 0 Å². The van der Waals surface area contributed by atoms with Gasteiger partial charge in [-0.3, -0.25) is 4.68 Å². The fourth-order valence-corrected chi connectivity index (χ4v) is 5.38. The lowest BCUT2D eigenvalue weighted by Gasteiger charge is -2.34. The quantitative estimate of drug-likeness (QED) is 0.289. The van der Waals surface area contributed by atoms with Crippen LogP contribution in [0.5, 0.6) is 0 Å². The summed E-state index contributed by atoms with van der Waals surface area (Å²) in [6, 6.07) is 11.7. The fourth-order valence-electron chi connectivity index (χ4n) is 5.38. The SMILES string of the molecule is CC.CCn1cc(-c2ccnc3[nH]c(C4=CCN(C(=O)N5CCOCC5)CC4)cc23)c(-c2ccc(NC(=O)NC)cc2)n1. The lowest BCUT2D eigenvalue weighted by atomic mass is 9.99. The van der Waals surface area contributed by atoms with Crippen molar-refractivity contribution >= 4 is 34.4 Å². The molecule has 2 aliphatic rings. The van der Waals surface area contributed by atoms with Gasteiger partial charge in [-0.2, -0.15) is 5.10 Å². The zero-order chi connectivity index (χ0) is 30.3. The van der Waals surface area contributed by atoms with Crippen LogP contribution < -0.4 is 10.6 Å². The lowest BCUT2D eigenvalue weighted by molar-refractivity contribution is 0.0441. The van der Waals surface area contributed by atoms with Gasteiger partial charge >= 0.3 is 12.1 Å². The summed E-state index contributed by atoms with van der Waals surface area (Å²) in [7, 11) is 1.59. The number of aromatic nitrogens is 4. The van der Waals surface area contributed by atoms with Gasteiger partial charge < -0.3 is 30.2 Å². The number of aryl methyl sites for hydroxylation is 1. The summed E-state index contributed by atoms with van der Waals surface area (Å²) in [6.45, 7) is 10.6. The zero-order valence-corrected chi connectivity index (χ0v) is 25.3. The number of fused-ring (bicyclic) bond motifs is 1. The van der Waals surface area contributed by atoms with Gasteiger partial charge in [-0.1, -0.05) is 32.1 Å². The topological polar surface area (TPSA) is 120 Å². The van der Waals surface area contributed by atoms with Crippen LogP contribution >= 0.6 is 0 Å². The molecule has 6 rings (SSSR count). The van der Waals surface area contributed by atoms with Crippen LogP contribution in [-0.2, 0) is 11.3 Å². The molecule has 0 bridgehead atoms. The molecular formula is C32H40N8O3. The third kappa shape index (κ3) is 6.41. The first kappa shape index (κ1) is 29.8. The summed E-state index contributed by atoms with van der Waals surface area (Å²) in [6.07, 6.45) is 6.80. The molecule has 1 fully saturated rings. The van der Waals surface area contributed by atoms with Crippen LogP contribution in [0.15, 0.2) is 54.9 Å². The number of hydrogen-bond acceptors (Lipinski definition) is 5. The summed E-state index contributed by atoms with van der Waals surface area (Å²) < 4.78 is 7.32. The average Bonchev–Trinajstić information content (AvgIpc) is 3.71. The van der Waals surface area contributed by atoms with E-state index in [0.29, 0.717) is 45.1 Å². The number of ether oxygens (including phenoxy) is 1. The normalized spacial score (nSPS) is 15.0. The highest BCUT2D eigenvalue weighted by Crippen LogP contribution is 2.37. The number of H-pyrrole nitrogens is 1. The van der Waals surface area contributed by atoms with Crippen LogP contribution in [0, 0.1) is 0 Å². The smallest absolute Gasteiger partial charge is 0.320 e. The van der Waals surface area contributed by atoms with E-state index in [0.717, 1.165) is 52.1 Å². The fraction of sp³-hybridized carbons (Fsp3) is 0.375. The van der Waals surface area contributed by atoms with E-state index in [2.05, 4.69) is 45.9 Å². The second-order valence-corrected chi connectivity index (χ2v) is 10.1. The first-order valence-corrected chi connectivity index (χ1v) is 15.0. The second kappa shape index (κ2) is 13.6. The molecule has 4 amide bonds. The molecule has 3 aromatic heterocycles. The van der Waals surface area contributed by atoms with Crippen LogP contribution in [0.25, 0.3) is 39.0 Å². The molecule has 3 N–H and O–H groups in total. The number of aromatic amines is 1. The van der Waals surface area contributed by atoms with Crippen molar-refractivity contribution in [2.24, 2.45) is 0 Å². The highest BCUT2D eigenvalue weighted by atomic mass is 16.5. The van der Waals surface area contributed by atoms with Gasteiger partial charge in [0.1, 0.15) is 11.3 Å². The molecule has 43 heavy (non-hydrogen) atoms. The average molecular weight is 585 g/mol. The zero-order valence-electron chi connectivity index (χ0n) is 25.3. The van der Waals surface area contributed by atoms with Crippen molar-refractivity contribution in [2.45, 2.75) is 33.7 Å². The Morgan fingerprint density at radius 1 is 1.02 bits per heavy atom. The number of morpholine rings is 1. The Hall–Kier alpha value is -4.64. The van der Waals surface area contributed by atoms with E-state index >= 15 is 0 Å². The van der Waals surface area contributed by atoms with Gasteiger partial charge in [0, 0.05) is 80.1 Å². The monoisotopic (exact) mass is 584 g/mol. The molecule has 0 saturated carbocycles. The van der Waals surface area contributed by atoms with Crippen LogP contribution in [0.2, 0.25) is 0 Å². The second-order valence-electron chi connectivity index (χ2n) is 10.1. The van der Waals surface area contributed by atoms with E-state index in [4.69, 9.17) is 9.84 Å². The molecule has 11 heteroatoms. The number of anilines is 1. The van der Waals surface area contributed by atoms with E-state index < -0.39 is 0 Å². The maximum absolute atomic E-state index is 12.9. The van der Waals surface area contributed by atoms with Crippen molar-refractivity contribution in [3.05, 3.63) is 60.6 Å². The molecule has 0 unspecified atom stereocenters. The Morgan fingerprint density at radius 2 is 1.79 bits per heavy atom. The molecule has 2 aliphatic heterocycles. The first-order chi connectivity index (χ1) is 21.0. The summed E-state index contributed by atoms with van der Waals surface area (Å²) >= 11 is 0. The number of pyridine rings is 1. The number of urea groups is 2. The van der Waals surface area contributed by atoms with Crippen molar-refractivity contribution in [1.29, 1.82) is 0 Å². The maximum Gasteiger partial charge on any atom is 0.320 e. The standard InChI is InChI=1S/C30H34N8O3.C2H6/c1-3-38-19-25(27(35-38)21-4-6-22(7-5-21)33-29(39)31-2)23-8-11-32-28-24(23)18-26(34-28)20-9-12-36(13-10-20)30(40)37-14-16-41-17-15-37;1-2/h4-9,11,18-19H,3,10,12-17H2,1-2H3,(H,32,34)(H2,31,33,39);1-2H3. The molecule has 5 heterocycles. The van der Waals surface area contributed by atoms with E-state index in [1.807, 2.05) is 64.9 Å². The lowest BCUT2D eigenvalue weighted by Crippen LogP contribution is -2.49. The largest absolute Gasteiger partial charge is 0.378 e. The Morgan fingerprint density at radius 3 is 2.47 bits per heavy atom. The Balaban J connectivity index is 0.00000180. The van der Waals surface area contributed by atoms with E-state index in [-0.39, 0.29) is 12.1 Å². The van der Waals surface area contributed by atoms with E-state index in [1.54, 1.807) is 7.05 Å². The van der Waals surface area contributed by atoms with Crippen molar-refractivity contribution in [3.8, 4) is 22.4 Å². The molecule has 0 atom stereocenters. The van der Waals surface area contributed by atoms with Crippen molar-refractivity contribution in [2.75, 3.05) is 51.8 Å². The molecule has 0 radical (unpaired) electrons. The Kier molecular flexibility index (Phi) is 9.41. The van der Waals surface area contributed by atoms with Gasteiger partial charge in [-0.15, -0.1) is 0 Å². The molecule has 1 aromatic carbocycles. The van der Waals surface area contributed by atoms with Crippen molar-refractivity contribution < 1.29 is 14.3 Å². The van der Waals surface area contributed by atoms with Gasteiger partial charge in [0.15, 0.2) is 0 Å². The van der Waals surface area contributed by atoms with Crippen molar-refractivity contribution in [3.63, 3.8) is 0 Å². The van der Waals surface area contributed by atoms with Gasteiger partial charge in [0.25, 0.3) is 0 Å². The van der Waals surface area contributed by atoms with Crippen LogP contribution in [0.3, 0.4) is 0 Å². The number of hydrogen-bond donors (Lipinski definition) is 3. The molecule has 226 valence electrons. The number of amides is 4. The molecular weight excluding hydrogens is 544 g/mol. The summed E-state index contributed by atoms with van der Waals surface area (Å²) in [4.78, 5) is 36.5. The Labute approximate surface area is 251 Å². The highest BCUT2D eigenvalue weighted by Gasteiger charge is 2.25. The number of carbonyl (C=O) groups is 2. The molecule has 1 saturated heterocycles. The van der Waals surface area contributed by atoms with Crippen LogP contribution in [0.1, 0.15) is 32.9 Å². The maximum atomic E-state index is 12.9. The Bertz CT molecular complexity index is 1600.